The minimum Gasteiger partial charge on any atom is -0.369 e. The molecule has 0 spiro atoms. The Balaban J connectivity index is 1.95. The summed E-state index contributed by atoms with van der Waals surface area (Å²) in [5, 5.41) is 2.71. The van der Waals surface area contributed by atoms with Gasteiger partial charge in [0.1, 0.15) is 6.04 Å². The third-order valence-corrected chi connectivity index (χ3v) is 4.22. The molecule has 1 atom stereocenters. The van der Waals surface area contributed by atoms with E-state index in [0.29, 0.717) is 32.4 Å². The molecule has 0 radical (unpaired) electrons. The van der Waals surface area contributed by atoms with Crippen LogP contribution < -0.4 is 22.3 Å². The Bertz CT molecular complexity index is 585. The van der Waals surface area contributed by atoms with Crippen LogP contribution in [0.15, 0.2) is 30.3 Å². The first-order valence-corrected chi connectivity index (χ1v) is 7.90. The van der Waals surface area contributed by atoms with Crippen LogP contribution in [-0.2, 0) is 16.0 Å². The summed E-state index contributed by atoms with van der Waals surface area (Å²) in [6.45, 7) is 0.865. The molecule has 8 nitrogen and oxygen atoms in total. The zero-order valence-corrected chi connectivity index (χ0v) is 13.4. The Labute approximate surface area is 140 Å². The summed E-state index contributed by atoms with van der Waals surface area (Å²) >= 11 is 0. The van der Waals surface area contributed by atoms with Gasteiger partial charge < -0.3 is 16.0 Å². The number of benzene rings is 1. The molecule has 1 aliphatic heterocycles. The van der Waals surface area contributed by atoms with E-state index >= 15 is 0 Å². The molecule has 0 unspecified atom stereocenters. The first kappa shape index (κ1) is 17.7. The van der Waals surface area contributed by atoms with Crippen molar-refractivity contribution in [3.05, 3.63) is 35.9 Å². The number of primary amides is 1. The molecule has 6 N–H and O–H groups in total. The normalized spacial score (nSPS) is 16.3. The molecule has 1 heterocycles. The van der Waals surface area contributed by atoms with E-state index in [4.69, 9.17) is 11.6 Å². The molecule has 4 amide bonds. The van der Waals surface area contributed by atoms with Crippen LogP contribution in [-0.4, -0.2) is 41.9 Å². The molecule has 0 bridgehead atoms. The number of carbonyl (C=O) groups is 3. The smallest absolute Gasteiger partial charge is 0.318 e. The third kappa shape index (κ3) is 4.69. The van der Waals surface area contributed by atoms with Gasteiger partial charge in [-0.3, -0.25) is 15.0 Å². The highest BCUT2D eigenvalue weighted by Crippen LogP contribution is 2.16. The van der Waals surface area contributed by atoms with Gasteiger partial charge in [-0.2, -0.15) is 0 Å². The van der Waals surface area contributed by atoms with Gasteiger partial charge in [0.2, 0.25) is 5.91 Å². The average molecular weight is 333 g/mol. The van der Waals surface area contributed by atoms with Crippen LogP contribution in [0.5, 0.6) is 0 Å². The first-order chi connectivity index (χ1) is 11.5. The van der Waals surface area contributed by atoms with Crippen LogP contribution in [0, 0.1) is 5.92 Å². The summed E-state index contributed by atoms with van der Waals surface area (Å²) in [5.41, 5.74) is 8.29. The summed E-state index contributed by atoms with van der Waals surface area (Å²) in [6, 6.07) is 8.25. The Hall–Kier alpha value is -2.61. The minimum absolute atomic E-state index is 0.193. The Morgan fingerprint density at radius 3 is 2.33 bits per heavy atom. The molecule has 1 aromatic carbocycles. The zero-order valence-electron chi connectivity index (χ0n) is 13.4. The van der Waals surface area contributed by atoms with E-state index < -0.39 is 11.9 Å². The molecule has 1 fully saturated rings. The number of rotatable bonds is 5. The van der Waals surface area contributed by atoms with Crippen molar-refractivity contribution in [1.82, 2.24) is 15.6 Å². The second kappa shape index (κ2) is 8.30. The van der Waals surface area contributed by atoms with Crippen molar-refractivity contribution in [3.63, 3.8) is 0 Å². The fourth-order valence-corrected chi connectivity index (χ4v) is 2.77. The number of hydrogen-bond donors (Lipinski definition) is 4. The lowest BCUT2D eigenvalue weighted by Crippen LogP contribution is -2.55. The topological polar surface area (TPSA) is 131 Å². The van der Waals surface area contributed by atoms with Crippen molar-refractivity contribution >= 4 is 17.8 Å². The molecule has 0 aliphatic carbocycles. The van der Waals surface area contributed by atoms with Crippen molar-refractivity contribution in [2.75, 3.05) is 13.1 Å². The highest BCUT2D eigenvalue weighted by atomic mass is 16.2. The van der Waals surface area contributed by atoms with E-state index in [2.05, 4.69) is 10.7 Å². The van der Waals surface area contributed by atoms with E-state index in [1.54, 1.807) is 4.90 Å². The van der Waals surface area contributed by atoms with Crippen molar-refractivity contribution in [1.29, 1.82) is 0 Å². The monoisotopic (exact) mass is 333 g/mol. The van der Waals surface area contributed by atoms with Crippen LogP contribution in [0.3, 0.4) is 0 Å². The lowest BCUT2D eigenvalue weighted by molar-refractivity contribution is -0.123. The summed E-state index contributed by atoms with van der Waals surface area (Å²) in [7, 11) is 0. The van der Waals surface area contributed by atoms with E-state index in [1.165, 1.54) is 0 Å². The van der Waals surface area contributed by atoms with Gasteiger partial charge in [0.25, 0.3) is 5.91 Å². The molecule has 0 aromatic heterocycles. The molecule has 1 aromatic rings. The van der Waals surface area contributed by atoms with Crippen LogP contribution in [0.25, 0.3) is 0 Å². The lowest BCUT2D eigenvalue weighted by Gasteiger charge is -2.31. The van der Waals surface area contributed by atoms with Gasteiger partial charge in [-0.1, -0.05) is 30.3 Å². The van der Waals surface area contributed by atoms with Gasteiger partial charge in [-0.25, -0.2) is 10.6 Å². The predicted octanol–water partition coefficient (Wildman–Crippen LogP) is -0.505. The maximum Gasteiger partial charge on any atom is 0.318 e. The van der Waals surface area contributed by atoms with Gasteiger partial charge in [-0.05, 0) is 18.4 Å². The molecule has 0 saturated carbocycles. The number of hydrogen-bond acceptors (Lipinski definition) is 4. The Kier molecular flexibility index (Phi) is 6.14. The number of piperidine rings is 1. The maximum atomic E-state index is 12.4. The molecular weight excluding hydrogens is 310 g/mol. The second-order valence-electron chi connectivity index (χ2n) is 5.86. The van der Waals surface area contributed by atoms with Gasteiger partial charge in [-0.15, -0.1) is 0 Å². The fraction of sp³-hybridized carbons (Fsp3) is 0.438. The lowest BCUT2D eigenvalue weighted by atomic mass is 9.96. The molecule has 130 valence electrons. The SMILES string of the molecule is NNC(=O)[C@H](Cc1ccccc1)NC(=O)N1CCC(C(N)=O)CC1. The predicted molar refractivity (Wildman–Crippen MR) is 88.3 cm³/mol. The Morgan fingerprint density at radius 2 is 1.79 bits per heavy atom. The van der Waals surface area contributed by atoms with Crippen molar-refractivity contribution in [3.8, 4) is 0 Å². The summed E-state index contributed by atoms with van der Waals surface area (Å²) in [5.74, 6) is 4.23. The van der Waals surface area contributed by atoms with Crippen LogP contribution >= 0.6 is 0 Å². The van der Waals surface area contributed by atoms with Crippen LogP contribution in [0.4, 0.5) is 4.79 Å². The quantitative estimate of drug-likeness (QED) is 0.328. The summed E-state index contributed by atoms with van der Waals surface area (Å²) in [6.07, 6.45) is 1.41. The molecule has 2 rings (SSSR count). The van der Waals surface area contributed by atoms with Crippen molar-refractivity contribution in [2.45, 2.75) is 25.3 Å². The molecule has 24 heavy (non-hydrogen) atoms. The Morgan fingerprint density at radius 1 is 1.17 bits per heavy atom. The largest absolute Gasteiger partial charge is 0.369 e. The highest BCUT2D eigenvalue weighted by molar-refractivity contribution is 5.87. The van der Waals surface area contributed by atoms with Gasteiger partial charge in [0, 0.05) is 25.4 Å². The standard InChI is InChI=1S/C16H23N5O3/c17-14(22)12-6-8-21(9-7-12)16(24)19-13(15(23)20-18)10-11-4-2-1-3-5-11/h1-5,12-13H,6-10,18H2,(H2,17,22)(H,19,24)(H,20,23)/t13-/m0/s1. The maximum absolute atomic E-state index is 12.4. The number of likely N-dealkylation sites (tertiary alicyclic amines) is 1. The molecular formula is C16H23N5O3. The number of urea groups is 1. The van der Waals surface area contributed by atoms with E-state index in [9.17, 15) is 14.4 Å². The van der Waals surface area contributed by atoms with E-state index in [-0.39, 0.29) is 17.9 Å². The van der Waals surface area contributed by atoms with E-state index in [0.717, 1.165) is 5.56 Å². The van der Waals surface area contributed by atoms with Gasteiger partial charge >= 0.3 is 6.03 Å². The highest BCUT2D eigenvalue weighted by Gasteiger charge is 2.28. The second-order valence-corrected chi connectivity index (χ2v) is 5.86. The zero-order chi connectivity index (χ0) is 17.5. The third-order valence-electron chi connectivity index (χ3n) is 4.22. The van der Waals surface area contributed by atoms with Crippen molar-refractivity contribution < 1.29 is 14.4 Å². The number of nitrogens with one attached hydrogen (secondary N) is 2. The fourth-order valence-electron chi connectivity index (χ4n) is 2.77. The number of carbonyl (C=O) groups excluding carboxylic acids is 3. The number of nitrogens with two attached hydrogens (primary N) is 2. The van der Waals surface area contributed by atoms with Gasteiger partial charge in [0.05, 0.1) is 0 Å². The van der Waals surface area contributed by atoms with Gasteiger partial charge in [0.15, 0.2) is 0 Å². The van der Waals surface area contributed by atoms with Crippen molar-refractivity contribution in [2.24, 2.45) is 17.5 Å². The number of hydrazine groups is 1. The first-order valence-electron chi connectivity index (χ1n) is 7.90. The van der Waals surface area contributed by atoms with E-state index in [1.807, 2.05) is 30.3 Å². The summed E-state index contributed by atoms with van der Waals surface area (Å²) in [4.78, 5) is 37.1. The summed E-state index contributed by atoms with van der Waals surface area (Å²) < 4.78 is 0. The molecule has 8 heteroatoms. The van der Waals surface area contributed by atoms with Crippen LogP contribution in [0.2, 0.25) is 0 Å². The average Bonchev–Trinajstić information content (AvgIpc) is 2.61. The minimum atomic E-state index is -0.765. The number of amides is 4. The number of nitrogens with zero attached hydrogens (tertiary/aromatic N) is 1. The van der Waals surface area contributed by atoms with Crippen LogP contribution in [0.1, 0.15) is 18.4 Å². The molecule has 1 aliphatic rings. The molecule has 1 saturated heterocycles.